The van der Waals surface area contributed by atoms with Crippen molar-refractivity contribution in [2.75, 3.05) is 10.6 Å². The number of benzene rings is 2. The average Bonchev–Trinajstić information content (AvgIpc) is 3.05. The molecule has 8 nitrogen and oxygen atoms in total. The summed E-state index contributed by atoms with van der Waals surface area (Å²) in [5.74, 6) is 0.651. The van der Waals surface area contributed by atoms with Crippen molar-refractivity contribution in [2.24, 2.45) is 0 Å². The molecule has 1 aliphatic heterocycles. The standard InChI is InChI=1S/C21H23N3O5/c1-14(20(25)23-15-5-8-17(9-6-15)24(26)27)22-16-7-10-18-19(13-16)29-21(28-18)11-3-2-4-12-21/h5-10,13-14,22H,2-4,11-12H2,1H3,(H,23,25). The van der Waals surface area contributed by atoms with Crippen molar-refractivity contribution in [1.29, 1.82) is 0 Å². The van der Waals surface area contributed by atoms with Crippen LogP contribution in [0.2, 0.25) is 0 Å². The Morgan fingerprint density at radius 2 is 1.69 bits per heavy atom. The third-order valence-corrected chi connectivity index (χ3v) is 5.27. The molecule has 29 heavy (non-hydrogen) atoms. The lowest BCUT2D eigenvalue weighted by Gasteiger charge is -2.31. The predicted octanol–water partition coefficient (Wildman–Crippen LogP) is 4.47. The molecule has 8 heteroatoms. The number of amides is 1. The van der Waals surface area contributed by atoms with Crippen molar-refractivity contribution in [3.63, 3.8) is 0 Å². The normalized spacial score (nSPS) is 17.6. The number of non-ortho nitro benzene ring substituents is 1. The molecule has 4 rings (SSSR count). The summed E-state index contributed by atoms with van der Waals surface area (Å²) in [5.41, 5.74) is 1.23. The zero-order valence-corrected chi connectivity index (χ0v) is 16.1. The fourth-order valence-corrected chi connectivity index (χ4v) is 3.71. The minimum absolute atomic E-state index is 0.0229. The molecular weight excluding hydrogens is 374 g/mol. The highest BCUT2D eigenvalue weighted by Gasteiger charge is 2.42. The molecule has 152 valence electrons. The lowest BCUT2D eigenvalue weighted by Crippen LogP contribution is -2.40. The second-order valence-electron chi connectivity index (χ2n) is 7.50. The summed E-state index contributed by atoms with van der Waals surface area (Å²) >= 11 is 0. The molecule has 0 radical (unpaired) electrons. The molecule has 1 fully saturated rings. The number of carbonyl (C=O) groups is 1. The topological polar surface area (TPSA) is 103 Å². The number of hydrogen-bond acceptors (Lipinski definition) is 6. The summed E-state index contributed by atoms with van der Waals surface area (Å²) in [6.07, 6.45) is 5.17. The van der Waals surface area contributed by atoms with Crippen LogP contribution in [-0.4, -0.2) is 22.7 Å². The van der Waals surface area contributed by atoms with Crippen LogP contribution in [0.25, 0.3) is 0 Å². The molecule has 1 saturated carbocycles. The van der Waals surface area contributed by atoms with Crippen LogP contribution in [-0.2, 0) is 4.79 Å². The number of hydrogen-bond donors (Lipinski definition) is 2. The van der Waals surface area contributed by atoms with Gasteiger partial charge >= 0.3 is 0 Å². The maximum Gasteiger partial charge on any atom is 0.269 e. The highest BCUT2D eigenvalue weighted by molar-refractivity contribution is 5.96. The van der Waals surface area contributed by atoms with Crippen LogP contribution in [0.15, 0.2) is 42.5 Å². The van der Waals surface area contributed by atoms with Gasteiger partial charge in [0.1, 0.15) is 6.04 Å². The molecule has 2 aliphatic rings. The van der Waals surface area contributed by atoms with Gasteiger partial charge in [-0.1, -0.05) is 6.42 Å². The Morgan fingerprint density at radius 1 is 1.03 bits per heavy atom. The Kier molecular flexibility index (Phi) is 5.00. The van der Waals surface area contributed by atoms with Crippen LogP contribution >= 0.6 is 0 Å². The van der Waals surface area contributed by atoms with Gasteiger partial charge in [0.25, 0.3) is 11.5 Å². The fraction of sp³-hybridized carbons (Fsp3) is 0.381. The second-order valence-corrected chi connectivity index (χ2v) is 7.50. The number of anilines is 2. The van der Waals surface area contributed by atoms with Gasteiger partial charge in [0.15, 0.2) is 11.5 Å². The van der Waals surface area contributed by atoms with Crippen LogP contribution in [0.5, 0.6) is 11.5 Å². The summed E-state index contributed by atoms with van der Waals surface area (Å²) < 4.78 is 12.2. The van der Waals surface area contributed by atoms with E-state index < -0.39 is 16.8 Å². The highest BCUT2D eigenvalue weighted by Crippen LogP contribution is 2.46. The molecule has 1 atom stereocenters. The second kappa shape index (κ2) is 7.62. The first-order valence-electron chi connectivity index (χ1n) is 9.78. The Morgan fingerprint density at radius 3 is 2.38 bits per heavy atom. The first-order chi connectivity index (χ1) is 13.9. The highest BCUT2D eigenvalue weighted by atomic mass is 16.7. The lowest BCUT2D eigenvalue weighted by atomic mass is 9.94. The maximum atomic E-state index is 12.4. The maximum absolute atomic E-state index is 12.4. The van der Waals surface area contributed by atoms with Crippen molar-refractivity contribution < 1.29 is 19.2 Å². The zero-order chi connectivity index (χ0) is 20.4. The molecule has 1 spiro atoms. The van der Waals surface area contributed by atoms with E-state index in [0.29, 0.717) is 11.4 Å². The number of fused-ring (bicyclic) bond motifs is 1. The molecule has 1 amide bonds. The van der Waals surface area contributed by atoms with E-state index in [1.807, 2.05) is 18.2 Å². The summed E-state index contributed by atoms with van der Waals surface area (Å²) in [6, 6.07) is 10.8. The van der Waals surface area contributed by atoms with Crippen molar-refractivity contribution in [3.8, 4) is 11.5 Å². The number of carbonyl (C=O) groups excluding carboxylic acids is 1. The molecule has 0 bridgehead atoms. The molecule has 2 N–H and O–H groups in total. The third-order valence-electron chi connectivity index (χ3n) is 5.27. The number of nitro benzene ring substituents is 1. The molecule has 2 aromatic rings. The average molecular weight is 397 g/mol. The molecule has 2 aromatic carbocycles. The van der Waals surface area contributed by atoms with E-state index in [1.165, 1.54) is 30.7 Å². The number of rotatable bonds is 5. The lowest BCUT2D eigenvalue weighted by molar-refractivity contribution is -0.384. The van der Waals surface area contributed by atoms with Gasteiger partial charge in [-0.05, 0) is 44.0 Å². The first kappa shape index (κ1) is 19.0. The molecule has 1 aliphatic carbocycles. The Hall–Kier alpha value is -3.29. The zero-order valence-electron chi connectivity index (χ0n) is 16.1. The minimum atomic E-state index is -0.530. The van der Waals surface area contributed by atoms with Gasteiger partial charge in [0.2, 0.25) is 5.91 Å². The van der Waals surface area contributed by atoms with E-state index >= 15 is 0 Å². The van der Waals surface area contributed by atoms with Gasteiger partial charge in [0, 0.05) is 42.4 Å². The third kappa shape index (κ3) is 4.11. The first-order valence-corrected chi connectivity index (χ1v) is 9.78. The van der Waals surface area contributed by atoms with Gasteiger partial charge in [-0.2, -0.15) is 0 Å². The summed E-state index contributed by atoms with van der Waals surface area (Å²) in [7, 11) is 0. The van der Waals surface area contributed by atoms with E-state index in [1.54, 1.807) is 6.92 Å². The summed E-state index contributed by atoms with van der Waals surface area (Å²) in [6.45, 7) is 1.74. The fourth-order valence-electron chi connectivity index (χ4n) is 3.71. The van der Waals surface area contributed by atoms with Crippen LogP contribution < -0.4 is 20.1 Å². The van der Waals surface area contributed by atoms with Gasteiger partial charge in [-0.25, -0.2) is 0 Å². The quantitative estimate of drug-likeness (QED) is 0.570. The Labute approximate surface area is 168 Å². The van der Waals surface area contributed by atoms with E-state index in [0.717, 1.165) is 37.1 Å². The van der Waals surface area contributed by atoms with Gasteiger partial charge in [-0.3, -0.25) is 14.9 Å². The number of nitrogens with zero attached hydrogens (tertiary/aromatic N) is 1. The summed E-state index contributed by atoms with van der Waals surface area (Å²) in [4.78, 5) is 22.7. The number of nitrogens with one attached hydrogen (secondary N) is 2. The van der Waals surface area contributed by atoms with Crippen molar-refractivity contribution in [3.05, 3.63) is 52.6 Å². The van der Waals surface area contributed by atoms with Crippen molar-refractivity contribution >= 4 is 23.0 Å². The van der Waals surface area contributed by atoms with E-state index in [2.05, 4.69) is 10.6 Å². The van der Waals surface area contributed by atoms with Crippen LogP contribution in [0.4, 0.5) is 17.1 Å². The smallest absolute Gasteiger partial charge is 0.269 e. The van der Waals surface area contributed by atoms with Crippen molar-refractivity contribution in [1.82, 2.24) is 0 Å². The number of nitro groups is 1. The summed E-state index contributed by atoms with van der Waals surface area (Å²) in [5, 5.41) is 16.6. The molecule has 0 aromatic heterocycles. The minimum Gasteiger partial charge on any atom is -0.448 e. The molecule has 0 saturated heterocycles. The molecule has 1 unspecified atom stereocenters. The SMILES string of the molecule is CC(Nc1ccc2c(c1)OC1(CCCCC1)O2)C(=O)Nc1ccc([N+](=O)[O-])cc1. The van der Waals surface area contributed by atoms with Gasteiger partial charge in [0.05, 0.1) is 4.92 Å². The number of ether oxygens (including phenoxy) is 2. The van der Waals surface area contributed by atoms with E-state index in [4.69, 9.17) is 9.47 Å². The van der Waals surface area contributed by atoms with Gasteiger partial charge in [-0.15, -0.1) is 0 Å². The van der Waals surface area contributed by atoms with Crippen LogP contribution in [0, 0.1) is 10.1 Å². The monoisotopic (exact) mass is 397 g/mol. The van der Waals surface area contributed by atoms with E-state index in [-0.39, 0.29) is 11.6 Å². The van der Waals surface area contributed by atoms with Crippen molar-refractivity contribution in [2.45, 2.75) is 50.9 Å². The molecular formula is C21H23N3O5. The van der Waals surface area contributed by atoms with E-state index in [9.17, 15) is 14.9 Å². The predicted molar refractivity (Wildman–Crippen MR) is 108 cm³/mol. The van der Waals surface area contributed by atoms with Crippen LogP contribution in [0.3, 0.4) is 0 Å². The largest absolute Gasteiger partial charge is 0.448 e. The Bertz CT molecular complexity index is 922. The molecule has 1 heterocycles. The van der Waals surface area contributed by atoms with Gasteiger partial charge < -0.3 is 20.1 Å². The van der Waals surface area contributed by atoms with Crippen LogP contribution in [0.1, 0.15) is 39.0 Å². The Balaban J connectivity index is 1.37.